The molecule has 9 nitrogen and oxygen atoms in total. The van der Waals surface area contributed by atoms with Gasteiger partial charge < -0.3 is 40.8 Å². The predicted molar refractivity (Wildman–Crippen MR) is 127 cm³/mol. The molecule has 172 valence electrons. The number of hydrogen-bond donors (Lipinski definition) is 4. The van der Waals surface area contributed by atoms with Crippen LogP contribution in [-0.4, -0.2) is 57.0 Å². The zero-order valence-corrected chi connectivity index (χ0v) is 19.1. The fourth-order valence-corrected chi connectivity index (χ4v) is 3.26. The third-order valence-electron chi connectivity index (χ3n) is 4.64. The quantitative estimate of drug-likeness (QED) is 0.236. The van der Waals surface area contributed by atoms with Crippen LogP contribution >= 0.6 is 12.2 Å². The van der Waals surface area contributed by atoms with Crippen LogP contribution in [0.5, 0.6) is 23.0 Å². The highest BCUT2D eigenvalue weighted by molar-refractivity contribution is 7.82. The number of aliphatic hydroxyl groups is 1. The van der Waals surface area contributed by atoms with Gasteiger partial charge in [-0.2, -0.15) is 0 Å². The van der Waals surface area contributed by atoms with Gasteiger partial charge in [0.25, 0.3) is 0 Å². The number of carbonyl (C=O) groups excluding carboxylic acids is 1. The van der Waals surface area contributed by atoms with Crippen LogP contribution in [0.3, 0.4) is 0 Å². The van der Waals surface area contributed by atoms with Crippen molar-refractivity contribution in [1.82, 2.24) is 0 Å². The Morgan fingerprint density at radius 1 is 1.03 bits per heavy atom. The fourth-order valence-electron chi connectivity index (χ4n) is 2.95. The van der Waals surface area contributed by atoms with E-state index in [1.165, 1.54) is 34.6 Å². The number of rotatable bonds is 10. The molecular formula is C22H27N3O6S. The second-order valence-corrected chi connectivity index (χ2v) is 6.93. The van der Waals surface area contributed by atoms with E-state index in [0.717, 1.165) is 0 Å². The Bertz CT molecular complexity index is 1000. The average molecular weight is 462 g/mol. The van der Waals surface area contributed by atoms with Crippen molar-refractivity contribution < 1.29 is 28.8 Å². The van der Waals surface area contributed by atoms with E-state index in [-0.39, 0.29) is 0 Å². The molecule has 1 atom stereocenters. The number of nitrogens with one attached hydrogen (secondary N) is 1. The molecule has 1 amide bonds. The first kappa shape index (κ1) is 24.9. The van der Waals surface area contributed by atoms with Crippen molar-refractivity contribution in [2.75, 3.05) is 40.4 Å². The minimum absolute atomic E-state index is 0.353. The lowest BCUT2D eigenvalue weighted by molar-refractivity contribution is -0.118. The van der Waals surface area contributed by atoms with Crippen molar-refractivity contribution in [3.8, 4) is 23.0 Å². The van der Waals surface area contributed by atoms with E-state index < -0.39 is 18.6 Å². The van der Waals surface area contributed by atoms with Gasteiger partial charge in [-0.15, -0.1) is 0 Å². The zero-order chi connectivity index (χ0) is 23.8. The highest BCUT2D eigenvalue weighted by Gasteiger charge is 2.20. The molecule has 0 saturated heterocycles. The monoisotopic (exact) mass is 461 g/mol. The number of ether oxygens (including phenoxy) is 4. The van der Waals surface area contributed by atoms with Crippen LogP contribution in [0.15, 0.2) is 36.5 Å². The van der Waals surface area contributed by atoms with E-state index in [2.05, 4.69) is 5.32 Å². The molecule has 0 radical (unpaired) electrons. The summed E-state index contributed by atoms with van der Waals surface area (Å²) >= 11 is 5.70. The molecule has 2 rings (SSSR count). The van der Waals surface area contributed by atoms with Crippen molar-refractivity contribution in [2.24, 2.45) is 11.5 Å². The van der Waals surface area contributed by atoms with Crippen LogP contribution in [-0.2, 0) is 4.79 Å². The molecule has 0 bridgehead atoms. The molecular weight excluding hydrogens is 434 g/mol. The lowest BCUT2D eigenvalue weighted by Crippen LogP contribution is -2.38. The Morgan fingerprint density at radius 3 is 2.09 bits per heavy atom. The Hall–Kier alpha value is -3.34. The minimum Gasteiger partial charge on any atom is -0.495 e. The molecule has 2 aromatic rings. The largest absolute Gasteiger partial charge is 0.495 e. The van der Waals surface area contributed by atoms with Crippen molar-refractivity contribution in [3.63, 3.8) is 0 Å². The summed E-state index contributed by atoms with van der Waals surface area (Å²) in [6, 6.07) is 7.44. The molecule has 32 heavy (non-hydrogen) atoms. The molecule has 0 saturated carbocycles. The first-order valence-electron chi connectivity index (χ1n) is 9.47. The molecule has 0 fully saturated rings. The van der Waals surface area contributed by atoms with Gasteiger partial charge in [0.15, 0.2) is 11.5 Å². The molecule has 2 aromatic carbocycles. The summed E-state index contributed by atoms with van der Waals surface area (Å²) in [5.74, 6) is 1.17. The topological polar surface area (TPSA) is 138 Å². The van der Waals surface area contributed by atoms with Gasteiger partial charge in [0.05, 0.1) is 45.6 Å². The molecule has 0 spiro atoms. The normalized spacial score (nSPS) is 12.0. The lowest BCUT2D eigenvalue weighted by Gasteiger charge is -2.17. The first-order chi connectivity index (χ1) is 15.3. The zero-order valence-electron chi connectivity index (χ0n) is 18.3. The number of methoxy groups -OCH3 is 4. The Balaban J connectivity index is 2.49. The van der Waals surface area contributed by atoms with E-state index in [9.17, 15) is 4.79 Å². The Morgan fingerprint density at radius 2 is 1.62 bits per heavy atom. The summed E-state index contributed by atoms with van der Waals surface area (Å²) in [5, 5.41) is 11.8. The summed E-state index contributed by atoms with van der Waals surface area (Å²) in [6.07, 6.45) is 1.37. The molecule has 0 aliphatic carbocycles. The Labute approximate surface area is 191 Å². The second kappa shape index (κ2) is 11.3. The van der Waals surface area contributed by atoms with Gasteiger partial charge in [-0.25, -0.2) is 0 Å². The molecule has 0 heterocycles. The van der Waals surface area contributed by atoms with E-state index in [1.807, 2.05) is 0 Å². The number of carbonyl (C=O) groups is 1. The van der Waals surface area contributed by atoms with Crippen molar-refractivity contribution in [1.29, 1.82) is 0 Å². The van der Waals surface area contributed by atoms with Gasteiger partial charge in [0, 0.05) is 17.3 Å². The van der Waals surface area contributed by atoms with Crippen LogP contribution in [0.1, 0.15) is 11.1 Å². The smallest absolute Gasteiger partial charge is 0.243 e. The van der Waals surface area contributed by atoms with E-state index in [4.69, 9.17) is 47.7 Å². The lowest BCUT2D eigenvalue weighted by atomic mass is 9.97. The molecule has 10 heteroatoms. The van der Waals surface area contributed by atoms with Gasteiger partial charge in [0.1, 0.15) is 11.8 Å². The maximum absolute atomic E-state index is 12.2. The summed E-state index contributed by atoms with van der Waals surface area (Å²) in [4.78, 5) is 12.6. The number of anilines is 1. The van der Waals surface area contributed by atoms with Gasteiger partial charge in [-0.1, -0.05) is 18.3 Å². The van der Waals surface area contributed by atoms with E-state index in [0.29, 0.717) is 50.3 Å². The fraction of sp³-hybridized carbons (Fsp3) is 0.273. The standard InChI is InChI=1S/C22H27N3O6S/c1-28-17-6-5-12(7-16(17)25-22(27)15(24)11-26)14(10-23)21(32)13-8-18(29-2)20(31-4)19(9-13)30-3/h5-10,15,26H,11,23-24H2,1-4H3,(H,25,27). The number of thiocarbonyl (C=S) groups is 1. The third-order valence-corrected chi connectivity index (χ3v) is 5.10. The summed E-state index contributed by atoms with van der Waals surface area (Å²) in [6.45, 7) is -0.493. The second-order valence-electron chi connectivity index (χ2n) is 6.52. The van der Waals surface area contributed by atoms with Gasteiger partial charge in [-0.05, 0) is 29.8 Å². The Kier molecular flexibility index (Phi) is 8.82. The highest BCUT2D eigenvalue weighted by atomic mass is 32.1. The van der Waals surface area contributed by atoms with E-state index >= 15 is 0 Å². The number of amides is 1. The SMILES string of the molecule is COc1ccc(C(=CN)C(=S)c2cc(OC)c(OC)c(OC)c2)cc1NC(=O)C(N)CO. The van der Waals surface area contributed by atoms with Gasteiger partial charge in [0.2, 0.25) is 11.7 Å². The van der Waals surface area contributed by atoms with E-state index in [1.54, 1.807) is 30.3 Å². The predicted octanol–water partition coefficient (Wildman–Crippen LogP) is 1.70. The maximum atomic E-state index is 12.2. The number of nitrogens with two attached hydrogens (primary N) is 2. The highest BCUT2D eigenvalue weighted by Crippen LogP contribution is 2.39. The number of hydrogen-bond acceptors (Lipinski definition) is 9. The number of aliphatic hydroxyl groups excluding tert-OH is 1. The van der Waals surface area contributed by atoms with Crippen molar-refractivity contribution in [2.45, 2.75) is 6.04 Å². The number of benzene rings is 2. The van der Waals surface area contributed by atoms with Crippen LogP contribution < -0.4 is 35.7 Å². The molecule has 0 aliphatic rings. The maximum Gasteiger partial charge on any atom is 0.243 e. The van der Waals surface area contributed by atoms with Gasteiger partial charge >= 0.3 is 0 Å². The molecule has 0 aliphatic heterocycles. The summed E-state index contributed by atoms with van der Waals surface area (Å²) in [5.41, 5.74) is 13.6. The minimum atomic E-state index is -1.08. The average Bonchev–Trinajstić information content (AvgIpc) is 2.82. The van der Waals surface area contributed by atoms with Crippen molar-refractivity contribution in [3.05, 3.63) is 47.7 Å². The van der Waals surface area contributed by atoms with Crippen LogP contribution in [0.25, 0.3) is 5.57 Å². The molecule has 0 aromatic heterocycles. The first-order valence-corrected chi connectivity index (χ1v) is 9.88. The summed E-state index contributed by atoms with van der Waals surface area (Å²) in [7, 11) is 6.01. The summed E-state index contributed by atoms with van der Waals surface area (Å²) < 4.78 is 21.5. The third kappa shape index (κ3) is 5.28. The van der Waals surface area contributed by atoms with Crippen LogP contribution in [0.2, 0.25) is 0 Å². The van der Waals surface area contributed by atoms with Crippen LogP contribution in [0.4, 0.5) is 5.69 Å². The van der Waals surface area contributed by atoms with Crippen molar-refractivity contribution >= 4 is 34.3 Å². The van der Waals surface area contributed by atoms with Crippen LogP contribution in [0, 0.1) is 0 Å². The molecule has 6 N–H and O–H groups in total. The van der Waals surface area contributed by atoms with Gasteiger partial charge in [-0.3, -0.25) is 4.79 Å². The molecule has 1 unspecified atom stereocenters. The number of allylic oxidation sites excluding steroid dienone is 1.